The van der Waals surface area contributed by atoms with Gasteiger partial charge in [-0.05, 0) is 24.7 Å². The molecule has 0 amide bonds. The van der Waals surface area contributed by atoms with E-state index in [1.165, 1.54) is 6.07 Å². The van der Waals surface area contributed by atoms with Gasteiger partial charge in [-0.25, -0.2) is 4.39 Å². The zero-order valence-electron chi connectivity index (χ0n) is 7.35. The second-order valence-electron chi connectivity index (χ2n) is 2.63. The maximum atomic E-state index is 12.7. The Morgan fingerprint density at radius 3 is 2.92 bits per heavy atom. The Morgan fingerprint density at radius 1 is 1.54 bits per heavy atom. The Kier molecular flexibility index (Phi) is 3.93. The highest BCUT2D eigenvalue weighted by Crippen LogP contribution is 2.16. The predicted octanol–water partition coefficient (Wildman–Crippen LogP) is 2.71. The fraction of sp³-hybridized carbons (Fsp3) is 0.200. The minimum Gasteiger partial charge on any atom is -0.316 e. The Balaban J connectivity index is 2.73. The predicted molar refractivity (Wildman–Crippen MR) is 54.4 cm³/mol. The summed E-state index contributed by atoms with van der Waals surface area (Å²) in [7, 11) is 1.86. The van der Waals surface area contributed by atoms with Crippen molar-refractivity contribution in [3.05, 3.63) is 40.7 Å². The molecule has 1 rings (SSSR count). The molecule has 0 unspecified atom stereocenters. The molecule has 0 fully saturated rings. The van der Waals surface area contributed by atoms with Crippen LogP contribution in [0.4, 0.5) is 4.39 Å². The summed E-state index contributed by atoms with van der Waals surface area (Å²) in [5.74, 6) is -0.382. The molecule has 0 bridgehead atoms. The number of nitrogens with one attached hydrogen (secondary N) is 1. The lowest BCUT2D eigenvalue weighted by molar-refractivity contribution is 0.628. The number of hydrogen-bond acceptors (Lipinski definition) is 1. The monoisotopic (exact) mass is 199 g/mol. The lowest BCUT2D eigenvalue weighted by Crippen LogP contribution is -2.03. The Labute approximate surface area is 82.2 Å². The molecule has 1 aromatic rings. The van der Waals surface area contributed by atoms with Gasteiger partial charge in [0.15, 0.2) is 0 Å². The summed E-state index contributed by atoms with van der Waals surface area (Å²) in [6.07, 6.45) is 3.84. The van der Waals surface area contributed by atoms with Crippen LogP contribution in [-0.4, -0.2) is 13.6 Å². The maximum absolute atomic E-state index is 12.7. The molecule has 70 valence electrons. The average Bonchev–Trinajstić information content (AvgIpc) is 2.12. The molecular formula is C10H11ClFN. The minimum atomic E-state index is -0.382. The fourth-order valence-electron chi connectivity index (χ4n) is 0.929. The molecule has 0 saturated carbocycles. The van der Waals surface area contributed by atoms with E-state index < -0.39 is 0 Å². The van der Waals surface area contributed by atoms with Gasteiger partial charge in [0.25, 0.3) is 0 Å². The van der Waals surface area contributed by atoms with Gasteiger partial charge in [-0.1, -0.05) is 29.8 Å². The Hall–Kier alpha value is -0.860. The van der Waals surface area contributed by atoms with Crippen LogP contribution >= 0.6 is 11.6 Å². The average molecular weight is 200 g/mol. The first kappa shape index (κ1) is 10.2. The van der Waals surface area contributed by atoms with E-state index in [0.717, 1.165) is 12.1 Å². The van der Waals surface area contributed by atoms with Crippen LogP contribution in [0.15, 0.2) is 24.3 Å². The van der Waals surface area contributed by atoms with E-state index in [9.17, 15) is 4.39 Å². The Bertz CT molecular complexity index is 310. The zero-order chi connectivity index (χ0) is 9.68. The van der Waals surface area contributed by atoms with Gasteiger partial charge in [0.05, 0.1) is 5.02 Å². The van der Waals surface area contributed by atoms with Crippen molar-refractivity contribution in [1.82, 2.24) is 5.32 Å². The largest absolute Gasteiger partial charge is 0.316 e. The van der Waals surface area contributed by atoms with Crippen molar-refractivity contribution in [3.63, 3.8) is 0 Å². The molecule has 0 saturated heterocycles. The first-order valence-corrected chi connectivity index (χ1v) is 4.38. The standard InChI is InChI=1S/C10H11ClFN/c1-13-6-2-3-8-4-5-10(12)9(11)7-8/h2-5,7,13H,6H2,1H3/b3-2+. The lowest BCUT2D eigenvalue weighted by atomic mass is 10.2. The number of benzene rings is 1. The van der Waals surface area contributed by atoms with Crippen molar-refractivity contribution >= 4 is 17.7 Å². The molecule has 0 spiro atoms. The van der Waals surface area contributed by atoms with Gasteiger partial charge in [-0.15, -0.1) is 0 Å². The van der Waals surface area contributed by atoms with Crippen LogP contribution in [-0.2, 0) is 0 Å². The van der Waals surface area contributed by atoms with E-state index in [1.54, 1.807) is 12.1 Å². The van der Waals surface area contributed by atoms with Crippen LogP contribution in [0.3, 0.4) is 0 Å². The molecule has 0 aromatic heterocycles. The van der Waals surface area contributed by atoms with Crippen molar-refractivity contribution in [2.24, 2.45) is 0 Å². The first-order valence-electron chi connectivity index (χ1n) is 4.00. The second kappa shape index (κ2) is 5.00. The second-order valence-corrected chi connectivity index (χ2v) is 3.04. The minimum absolute atomic E-state index is 0.159. The summed E-state index contributed by atoms with van der Waals surface area (Å²) in [4.78, 5) is 0. The molecule has 1 aromatic carbocycles. The highest BCUT2D eigenvalue weighted by molar-refractivity contribution is 6.30. The van der Waals surface area contributed by atoms with Crippen LogP contribution in [0, 0.1) is 5.82 Å². The van der Waals surface area contributed by atoms with Gasteiger partial charge in [0.1, 0.15) is 5.82 Å². The maximum Gasteiger partial charge on any atom is 0.141 e. The van der Waals surface area contributed by atoms with Gasteiger partial charge >= 0.3 is 0 Å². The number of rotatable bonds is 3. The molecule has 0 atom stereocenters. The van der Waals surface area contributed by atoms with Crippen molar-refractivity contribution in [2.75, 3.05) is 13.6 Å². The third-order valence-corrected chi connectivity index (χ3v) is 1.87. The SMILES string of the molecule is CNC/C=C/c1ccc(F)c(Cl)c1. The molecule has 1 nitrogen and oxygen atoms in total. The number of halogens is 2. The van der Waals surface area contributed by atoms with E-state index in [1.807, 2.05) is 19.2 Å². The van der Waals surface area contributed by atoms with Crippen LogP contribution in [0.25, 0.3) is 6.08 Å². The first-order chi connectivity index (χ1) is 6.24. The van der Waals surface area contributed by atoms with E-state index >= 15 is 0 Å². The topological polar surface area (TPSA) is 12.0 Å². The molecule has 0 aliphatic rings. The van der Waals surface area contributed by atoms with Crippen LogP contribution < -0.4 is 5.32 Å². The van der Waals surface area contributed by atoms with E-state index in [-0.39, 0.29) is 10.8 Å². The molecule has 0 radical (unpaired) electrons. The van der Waals surface area contributed by atoms with Gasteiger partial charge in [0.2, 0.25) is 0 Å². The van der Waals surface area contributed by atoms with Crippen molar-refractivity contribution in [3.8, 4) is 0 Å². The van der Waals surface area contributed by atoms with Gasteiger partial charge < -0.3 is 5.32 Å². The molecule has 1 N–H and O–H groups in total. The smallest absolute Gasteiger partial charge is 0.141 e. The summed E-state index contributed by atoms with van der Waals surface area (Å²) in [5, 5.41) is 3.13. The third kappa shape index (κ3) is 3.17. The summed E-state index contributed by atoms with van der Waals surface area (Å²) < 4.78 is 12.7. The van der Waals surface area contributed by atoms with Gasteiger partial charge in [-0.2, -0.15) is 0 Å². The Morgan fingerprint density at radius 2 is 2.31 bits per heavy atom. The highest BCUT2D eigenvalue weighted by Gasteiger charge is 1.97. The van der Waals surface area contributed by atoms with Gasteiger partial charge in [0, 0.05) is 6.54 Å². The van der Waals surface area contributed by atoms with E-state index in [2.05, 4.69) is 5.32 Å². The summed E-state index contributed by atoms with van der Waals surface area (Å²) in [6, 6.07) is 4.65. The van der Waals surface area contributed by atoms with Crippen LogP contribution in [0.5, 0.6) is 0 Å². The highest BCUT2D eigenvalue weighted by atomic mass is 35.5. The summed E-state index contributed by atoms with van der Waals surface area (Å²) in [6.45, 7) is 0.787. The molecule has 3 heteroatoms. The molecule has 13 heavy (non-hydrogen) atoms. The zero-order valence-corrected chi connectivity index (χ0v) is 8.11. The molecule has 0 aliphatic heterocycles. The third-order valence-electron chi connectivity index (χ3n) is 1.58. The van der Waals surface area contributed by atoms with Gasteiger partial charge in [-0.3, -0.25) is 0 Å². The lowest BCUT2D eigenvalue weighted by Gasteiger charge is -1.96. The summed E-state index contributed by atoms with van der Waals surface area (Å²) >= 11 is 5.60. The molecular weight excluding hydrogens is 189 g/mol. The van der Waals surface area contributed by atoms with Crippen molar-refractivity contribution in [2.45, 2.75) is 0 Å². The van der Waals surface area contributed by atoms with Crippen LogP contribution in [0.1, 0.15) is 5.56 Å². The molecule has 0 aliphatic carbocycles. The van der Waals surface area contributed by atoms with Crippen molar-refractivity contribution < 1.29 is 4.39 Å². The number of hydrogen-bond donors (Lipinski definition) is 1. The molecule has 0 heterocycles. The quantitative estimate of drug-likeness (QED) is 0.790. The van der Waals surface area contributed by atoms with E-state index in [4.69, 9.17) is 11.6 Å². The fourth-order valence-corrected chi connectivity index (χ4v) is 1.12. The normalized spacial score (nSPS) is 11.0. The number of likely N-dealkylation sites (N-methyl/N-ethyl adjacent to an activating group) is 1. The van der Waals surface area contributed by atoms with Crippen LogP contribution in [0.2, 0.25) is 5.02 Å². The van der Waals surface area contributed by atoms with E-state index in [0.29, 0.717) is 0 Å². The summed E-state index contributed by atoms with van der Waals surface area (Å²) in [5.41, 5.74) is 0.904. The van der Waals surface area contributed by atoms with Crippen molar-refractivity contribution in [1.29, 1.82) is 0 Å².